The van der Waals surface area contributed by atoms with Crippen molar-refractivity contribution in [3.63, 3.8) is 0 Å². The van der Waals surface area contributed by atoms with Crippen LogP contribution in [-0.4, -0.2) is 104 Å². The third-order valence-electron chi connectivity index (χ3n) is 12.7. The van der Waals surface area contributed by atoms with Gasteiger partial charge in [0.1, 0.15) is 42.2 Å². The number of rotatable bonds is 11. The van der Waals surface area contributed by atoms with Crippen LogP contribution in [0.25, 0.3) is 44.2 Å². The minimum atomic E-state index is -1.23. The summed E-state index contributed by atoms with van der Waals surface area (Å²) < 4.78 is 16.7. The quantitative estimate of drug-likeness (QED) is 0.0928. The summed E-state index contributed by atoms with van der Waals surface area (Å²) in [7, 11) is 2.88. The van der Waals surface area contributed by atoms with Gasteiger partial charge in [-0.3, -0.25) is 9.59 Å². The molecule has 3 aromatic carbocycles. The Morgan fingerprint density at radius 3 is 2.38 bits per heavy atom. The number of likely N-dealkylation sites (tertiary alicyclic amines) is 2. The van der Waals surface area contributed by atoms with Gasteiger partial charge >= 0.3 is 12.2 Å². The summed E-state index contributed by atoms with van der Waals surface area (Å²) in [5, 5.41) is 26.7. The van der Waals surface area contributed by atoms with E-state index >= 15 is 0 Å². The number of benzene rings is 3. The van der Waals surface area contributed by atoms with Gasteiger partial charge in [-0.2, -0.15) is 5.26 Å². The number of nitriles is 1. The van der Waals surface area contributed by atoms with Crippen LogP contribution >= 0.6 is 0 Å². The van der Waals surface area contributed by atoms with Crippen LogP contribution in [-0.2, 0) is 25.7 Å². The molecule has 2 fully saturated rings. The van der Waals surface area contributed by atoms with Crippen molar-refractivity contribution < 1.29 is 38.5 Å². The summed E-state index contributed by atoms with van der Waals surface area (Å²) in [5.41, 5.74) is 5.86. The number of carboxylic acid groups (broad SMARTS) is 1. The van der Waals surface area contributed by atoms with Gasteiger partial charge in [0.2, 0.25) is 11.8 Å². The zero-order chi connectivity index (χ0) is 44.9. The van der Waals surface area contributed by atoms with Crippen molar-refractivity contribution in [1.29, 1.82) is 5.26 Å². The molecule has 330 valence electrons. The van der Waals surface area contributed by atoms with E-state index in [1.54, 1.807) is 16.9 Å². The number of imidazole rings is 2. The molecule has 6 atom stereocenters. The van der Waals surface area contributed by atoms with Crippen molar-refractivity contribution in [1.82, 2.24) is 40.4 Å². The van der Waals surface area contributed by atoms with Crippen molar-refractivity contribution in [3.05, 3.63) is 65.4 Å². The Morgan fingerprint density at radius 1 is 0.937 bits per heavy atom. The van der Waals surface area contributed by atoms with Crippen molar-refractivity contribution in [2.75, 3.05) is 27.4 Å². The first-order valence-corrected chi connectivity index (χ1v) is 21.4. The van der Waals surface area contributed by atoms with E-state index in [9.17, 15) is 29.5 Å². The smallest absolute Gasteiger partial charge is 0.407 e. The number of amides is 4. The number of ether oxygens (including phenoxy) is 3. The molecule has 17 nitrogen and oxygen atoms in total. The SMILES string of the molecule is COC[C@H]1C[C@@H](c2nc(C#N)c(-c3ccc4c(c3)COc3cc5c(ccc6nc([C@@H]7CC[C@H](C)N7C(=O)C(NC(=O)O)C(C)C)[nH]c65)cc3-4)[nH]2)N(C(=O)C(NC(=O)OC)C(C)C)C1. The van der Waals surface area contributed by atoms with Gasteiger partial charge in [0.15, 0.2) is 5.69 Å². The first kappa shape index (κ1) is 43.0. The van der Waals surface area contributed by atoms with E-state index in [1.165, 1.54) is 7.11 Å². The molecule has 0 spiro atoms. The average Bonchev–Trinajstić information content (AvgIpc) is 4.08. The largest absolute Gasteiger partial charge is 0.488 e. The van der Waals surface area contributed by atoms with Gasteiger partial charge in [-0.05, 0) is 78.8 Å². The highest BCUT2D eigenvalue weighted by Gasteiger charge is 2.43. The molecule has 3 aliphatic heterocycles. The Balaban J connectivity index is 1.08. The number of aromatic nitrogens is 4. The van der Waals surface area contributed by atoms with E-state index in [1.807, 2.05) is 71.0 Å². The lowest BCUT2D eigenvalue weighted by Gasteiger charge is -2.32. The van der Waals surface area contributed by atoms with Crippen LogP contribution in [0.15, 0.2) is 42.5 Å². The molecule has 4 amide bonds. The number of nitrogens with zero attached hydrogens (tertiary/aromatic N) is 5. The third-order valence-corrected chi connectivity index (χ3v) is 12.7. The fourth-order valence-electron chi connectivity index (χ4n) is 9.56. The molecular weight excluding hydrogens is 807 g/mol. The summed E-state index contributed by atoms with van der Waals surface area (Å²) >= 11 is 0. The number of carbonyl (C=O) groups excluding carboxylic acids is 3. The van der Waals surface area contributed by atoms with Crippen LogP contribution in [0.5, 0.6) is 5.75 Å². The monoisotopic (exact) mass is 859 g/mol. The average molecular weight is 860 g/mol. The Hall–Kier alpha value is -6.67. The predicted octanol–water partition coefficient (Wildman–Crippen LogP) is 6.80. The topological polar surface area (TPSA) is 228 Å². The number of hydrogen-bond acceptors (Lipinski definition) is 10. The van der Waals surface area contributed by atoms with Gasteiger partial charge in [0.25, 0.3) is 0 Å². The van der Waals surface area contributed by atoms with Gasteiger partial charge < -0.3 is 49.7 Å². The molecule has 63 heavy (non-hydrogen) atoms. The van der Waals surface area contributed by atoms with Crippen LogP contribution in [0.3, 0.4) is 0 Å². The molecule has 8 rings (SSSR count). The van der Waals surface area contributed by atoms with Gasteiger partial charge in [-0.15, -0.1) is 0 Å². The zero-order valence-corrected chi connectivity index (χ0v) is 36.4. The minimum absolute atomic E-state index is 0.0156. The van der Waals surface area contributed by atoms with Gasteiger partial charge in [-0.1, -0.05) is 45.9 Å². The van der Waals surface area contributed by atoms with E-state index in [4.69, 9.17) is 24.2 Å². The number of hydrogen-bond donors (Lipinski definition) is 5. The number of alkyl carbamates (subject to hydrolysis) is 1. The number of H-pyrrole nitrogens is 2. The third kappa shape index (κ3) is 7.99. The highest BCUT2D eigenvalue weighted by Crippen LogP contribution is 2.44. The minimum Gasteiger partial charge on any atom is -0.488 e. The Morgan fingerprint density at radius 2 is 1.68 bits per heavy atom. The molecule has 5 heterocycles. The molecule has 17 heteroatoms. The highest BCUT2D eigenvalue weighted by atomic mass is 16.5. The summed E-state index contributed by atoms with van der Waals surface area (Å²) in [6.45, 7) is 10.5. The molecule has 5 aromatic rings. The fourth-order valence-corrected chi connectivity index (χ4v) is 9.56. The first-order chi connectivity index (χ1) is 30.2. The molecular formula is C46H53N9O8. The molecule has 3 aliphatic rings. The standard InChI is InChI=1S/C46H53N9O8/c1-22(2)37(53-46(60)62-7)43(56)54-19-25(20-61-6)14-35(54)42-49-33(18-47)39(50-42)27-9-11-29-28(15-27)21-63-36-17-30-26(16-31(29)36)10-12-32-40(30)51-41(48-32)34-13-8-24(5)55(34)44(57)38(23(3)4)52-45(58)59/h9-12,15-17,22-25,34-35,37-38,52H,8,13-14,19-21H2,1-7H3,(H,48,51)(H,49,50)(H,53,60)(H,58,59)/t24-,25-,34-,35-,37?,38?/m0/s1. The van der Waals surface area contributed by atoms with Crippen molar-refractivity contribution in [3.8, 4) is 34.2 Å². The normalized spacial score (nSPS) is 20.3. The van der Waals surface area contributed by atoms with Crippen LogP contribution < -0.4 is 15.4 Å². The lowest BCUT2D eigenvalue weighted by atomic mass is 9.92. The Bertz CT molecular complexity index is 2650. The second kappa shape index (κ2) is 17.2. The van der Waals surface area contributed by atoms with Crippen LogP contribution in [0.1, 0.15) is 88.9 Å². The molecule has 0 radical (unpaired) electrons. The molecule has 2 saturated heterocycles. The number of aromatic amines is 2. The lowest BCUT2D eigenvalue weighted by molar-refractivity contribution is -0.137. The maximum Gasteiger partial charge on any atom is 0.407 e. The summed E-state index contributed by atoms with van der Waals surface area (Å²) in [5.74, 6) is 0.872. The molecule has 2 aromatic heterocycles. The summed E-state index contributed by atoms with van der Waals surface area (Å²) in [6, 6.07) is 13.7. The van der Waals surface area contributed by atoms with E-state index in [0.717, 1.165) is 50.5 Å². The zero-order valence-electron chi connectivity index (χ0n) is 36.4. The van der Waals surface area contributed by atoms with Gasteiger partial charge in [-0.25, -0.2) is 19.6 Å². The number of fused-ring (bicyclic) bond motifs is 6. The highest BCUT2D eigenvalue weighted by molar-refractivity contribution is 6.07. The molecule has 5 N–H and O–H groups in total. The number of methoxy groups -OCH3 is 2. The lowest BCUT2D eigenvalue weighted by Crippen LogP contribution is -2.52. The van der Waals surface area contributed by atoms with Crippen molar-refractivity contribution in [2.45, 2.75) is 90.7 Å². The summed E-state index contributed by atoms with van der Waals surface area (Å²) in [4.78, 5) is 71.7. The maximum absolute atomic E-state index is 14.0. The second-order valence-corrected chi connectivity index (χ2v) is 17.5. The van der Waals surface area contributed by atoms with Crippen LogP contribution in [0.2, 0.25) is 0 Å². The number of carbonyl (C=O) groups is 4. The van der Waals surface area contributed by atoms with Gasteiger partial charge in [0, 0.05) is 42.1 Å². The second-order valence-electron chi connectivity index (χ2n) is 17.5. The van der Waals surface area contributed by atoms with Crippen LogP contribution in [0.4, 0.5) is 9.59 Å². The fraction of sp³-hybridized carbons (Fsp3) is 0.457. The Kier molecular flexibility index (Phi) is 11.8. The maximum atomic E-state index is 14.0. The molecule has 2 unspecified atom stereocenters. The van der Waals surface area contributed by atoms with E-state index < -0.39 is 30.3 Å². The van der Waals surface area contributed by atoms with Crippen LogP contribution in [0, 0.1) is 29.1 Å². The predicted molar refractivity (Wildman–Crippen MR) is 232 cm³/mol. The molecule has 0 saturated carbocycles. The van der Waals surface area contributed by atoms with Gasteiger partial charge in [0.05, 0.1) is 42.5 Å². The Labute approximate surface area is 364 Å². The number of nitrogens with one attached hydrogen (secondary N) is 4. The van der Waals surface area contributed by atoms with E-state index in [-0.39, 0.29) is 54.0 Å². The van der Waals surface area contributed by atoms with Crippen molar-refractivity contribution in [2.24, 2.45) is 17.8 Å². The first-order valence-electron chi connectivity index (χ1n) is 21.4. The van der Waals surface area contributed by atoms with Crippen molar-refractivity contribution >= 4 is 45.8 Å². The van der Waals surface area contributed by atoms with E-state index in [0.29, 0.717) is 49.1 Å². The molecule has 0 bridgehead atoms. The summed E-state index contributed by atoms with van der Waals surface area (Å²) in [6.07, 6.45) is 0.0828. The molecule has 0 aliphatic carbocycles. The van der Waals surface area contributed by atoms with E-state index in [2.05, 4.69) is 32.7 Å².